The molecule has 0 aliphatic carbocycles. The zero-order valence-electron chi connectivity index (χ0n) is 7.00. The van der Waals surface area contributed by atoms with Crippen LogP contribution in [0.25, 0.3) is 5.14 Å². The molecule has 6 nitrogen and oxygen atoms in total. The first-order valence-electron chi connectivity index (χ1n) is 3.59. The van der Waals surface area contributed by atoms with E-state index < -0.39 is 20.7 Å². The number of nitro groups is 1. The molecule has 0 aromatic heterocycles. The van der Waals surface area contributed by atoms with Gasteiger partial charge in [0.25, 0.3) is 5.69 Å². The molecule has 0 aliphatic heterocycles. The highest BCUT2D eigenvalue weighted by Gasteiger charge is 2.05. The van der Waals surface area contributed by atoms with E-state index in [9.17, 15) is 18.5 Å². The van der Waals surface area contributed by atoms with Crippen LogP contribution in [0.4, 0.5) is 5.69 Å². The number of benzene rings is 1. The summed E-state index contributed by atoms with van der Waals surface area (Å²) in [4.78, 5) is 9.68. The molecule has 14 heavy (non-hydrogen) atoms. The minimum absolute atomic E-state index is 0.101. The van der Waals surface area contributed by atoms with Gasteiger partial charge in [-0.05, 0) is 5.56 Å². The molecule has 0 heterocycles. The van der Waals surface area contributed by atoms with Gasteiger partial charge in [0.15, 0.2) is 0 Å². The zero-order chi connectivity index (χ0) is 10.8. The molecule has 1 N–H and O–H groups in total. The van der Waals surface area contributed by atoms with Gasteiger partial charge in [-0.25, -0.2) is 8.42 Å². The topological polar surface area (TPSA) is 101 Å². The fraction of sp³-hybridized carbons (Fsp3) is 0.143. The Morgan fingerprint density at radius 3 is 2.14 bits per heavy atom. The van der Waals surface area contributed by atoms with Crippen LogP contribution in [0.2, 0.25) is 0 Å². The lowest BCUT2D eigenvalue weighted by Crippen LogP contribution is -1.97. The molecule has 1 rings (SSSR count). The van der Waals surface area contributed by atoms with Crippen molar-refractivity contribution >= 4 is 15.7 Å². The van der Waals surface area contributed by atoms with Crippen LogP contribution in [-0.4, -0.2) is 13.3 Å². The van der Waals surface area contributed by atoms with Crippen molar-refractivity contribution in [2.45, 2.75) is 5.75 Å². The Labute approximate surface area is 80.5 Å². The van der Waals surface area contributed by atoms with Gasteiger partial charge in [-0.15, -0.1) is 0 Å². The van der Waals surface area contributed by atoms with Crippen LogP contribution in [0.15, 0.2) is 24.3 Å². The number of non-ortho nitro benzene ring substituents is 1. The van der Waals surface area contributed by atoms with Crippen LogP contribution in [0.3, 0.4) is 0 Å². The molecule has 0 unspecified atom stereocenters. The third kappa shape index (κ3) is 3.11. The maximum absolute atomic E-state index is 10.6. The van der Waals surface area contributed by atoms with Gasteiger partial charge >= 0.3 is 0 Å². The summed E-state index contributed by atoms with van der Waals surface area (Å²) in [5, 5.41) is 16.9. The van der Waals surface area contributed by atoms with Crippen molar-refractivity contribution < 1.29 is 13.3 Å². The number of nitrogens with one attached hydrogen (secondary N) is 1. The van der Waals surface area contributed by atoms with Gasteiger partial charge in [0, 0.05) is 12.1 Å². The number of sulfonamides is 1. The number of hydrogen-bond donors (Lipinski definition) is 0. The summed E-state index contributed by atoms with van der Waals surface area (Å²) in [7, 11) is -3.83. The van der Waals surface area contributed by atoms with Crippen LogP contribution in [-0.2, 0) is 15.8 Å². The Bertz CT molecular complexity index is 437. The Hall–Kier alpha value is -1.47. The van der Waals surface area contributed by atoms with Crippen LogP contribution in [0, 0.1) is 10.1 Å². The monoisotopic (exact) mass is 215 g/mol. The van der Waals surface area contributed by atoms with Crippen molar-refractivity contribution in [1.29, 1.82) is 0 Å². The van der Waals surface area contributed by atoms with Crippen molar-refractivity contribution in [2.75, 3.05) is 0 Å². The second-order valence-corrected chi connectivity index (χ2v) is 4.20. The first-order chi connectivity index (χ1) is 6.38. The second kappa shape index (κ2) is 3.72. The summed E-state index contributed by atoms with van der Waals surface area (Å²) in [5.41, 5.74) is 0.265. The number of hydrogen-bond acceptors (Lipinski definition) is 4. The number of nitro benzene ring substituents is 1. The minimum Gasteiger partial charge on any atom is -0.564 e. The summed E-state index contributed by atoms with van der Waals surface area (Å²) in [6.45, 7) is 0. The van der Waals surface area contributed by atoms with E-state index in [4.69, 9.17) is 5.14 Å². The molecule has 76 valence electrons. The van der Waals surface area contributed by atoms with E-state index in [0.717, 1.165) is 0 Å². The first-order valence-corrected chi connectivity index (χ1v) is 5.24. The molecule has 1 aromatic carbocycles. The molecule has 7 heteroatoms. The van der Waals surface area contributed by atoms with Crippen molar-refractivity contribution in [3.05, 3.63) is 45.1 Å². The third-order valence-electron chi connectivity index (χ3n) is 1.50. The Balaban J connectivity index is 2.90. The predicted octanol–water partition coefficient (Wildman–Crippen LogP) is 1.48. The van der Waals surface area contributed by atoms with Crippen molar-refractivity contribution in [2.24, 2.45) is 0 Å². The molecular formula is C7H7N2O4S-. The molecule has 0 saturated carbocycles. The molecule has 0 saturated heterocycles. The maximum Gasteiger partial charge on any atom is 0.269 e. The molecule has 1 aromatic rings. The molecule has 0 amide bonds. The van der Waals surface area contributed by atoms with Crippen LogP contribution in [0.5, 0.6) is 0 Å². The highest BCUT2D eigenvalue weighted by atomic mass is 32.2. The fourth-order valence-corrected chi connectivity index (χ4v) is 1.56. The Kier molecular flexibility index (Phi) is 2.82. The average Bonchev–Trinajstić information content (AvgIpc) is 2.02. The highest BCUT2D eigenvalue weighted by molar-refractivity contribution is 7.92. The molecule has 0 atom stereocenters. The Morgan fingerprint density at radius 2 is 1.79 bits per heavy atom. The van der Waals surface area contributed by atoms with E-state index in [2.05, 4.69) is 0 Å². The first kappa shape index (κ1) is 10.6. The van der Waals surface area contributed by atoms with Gasteiger partial charge in [0.1, 0.15) is 0 Å². The SMILES string of the molecule is [NH-]S(=O)(=O)Cc1ccc([N+](=O)[O-])cc1. The van der Waals surface area contributed by atoms with E-state index in [1.54, 1.807) is 0 Å². The lowest BCUT2D eigenvalue weighted by molar-refractivity contribution is -0.384. The molecule has 0 spiro atoms. The largest absolute Gasteiger partial charge is 0.564 e. The summed E-state index contributed by atoms with van der Waals surface area (Å²) < 4.78 is 21.1. The van der Waals surface area contributed by atoms with Gasteiger partial charge in [-0.2, -0.15) is 0 Å². The zero-order valence-corrected chi connectivity index (χ0v) is 7.82. The number of rotatable bonds is 3. The van der Waals surface area contributed by atoms with Gasteiger partial charge < -0.3 is 5.14 Å². The molecule has 0 radical (unpaired) electrons. The van der Waals surface area contributed by atoms with Crippen molar-refractivity contribution in [3.63, 3.8) is 0 Å². The molecule has 0 bridgehead atoms. The number of nitrogens with zero attached hydrogens (tertiary/aromatic N) is 1. The van der Waals surface area contributed by atoms with Gasteiger partial charge in [0.05, 0.1) is 20.7 Å². The minimum atomic E-state index is -3.83. The lowest BCUT2D eigenvalue weighted by Gasteiger charge is -2.03. The highest BCUT2D eigenvalue weighted by Crippen LogP contribution is 2.13. The standard InChI is InChI=1S/C7H7N2O4S/c8-14(12,13)5-6-1-3-7(4-2-6)9(10)11/h1-4H,5H2,(H-,8,12,13)/q-1. The fourth-order valence-electron chi connectivity index (χ4n) is 0.933. The van der Waals surface area contributed by atoms with Crippen molar-refractivity contribution in [1.82, 2.24) is 0 Å². The Morgan fingerprint density at radius 1 is 1.29 bits per heavy atom. The predicted molar refractivity (Wildman–Crippen MR) is 50.0 cm³/mol. The summed E-state index contributed by atoms with van der Waals surface area (Å²) in [6.07, 6.45) is 0. The normalized spacial score (nSPS) is 11.2. The molecular weight excluding hydrogens is 208 g/mol. The quantitative estimate of drug-likeness (QED) is 0.562. The van der Waals surface area contributed by atoms with Gasteiger partial charge in [-0.3, -0.25) is 10.1 Å². The van der Waals surface area contributed by atoms with Gasteiger partial charge in [0.2, 0.25) is 0 Å². The smallest absolute Gasteiger partial charge is 0.269 e. The van der Waals surface area contributed by atoms with E-state index in [-0.39, 0.29) is 5.69 Å². The van der Waals surface area contributed by atoms with Crippen LogP contribution >= 0.6 is 0 Å². The average molecular weight is 215 g/mol. The maximum atomic E-state index is 10.6. The van der Waals surface area contributed by atoms with E-state index in [1.807, 2.05) is 0 Å². The molecule has 0 aliphatic rings. The van der Waals surface area contributed by atoms with E-state index >= 15 is 0 Å². The van der Waals surface area contributed by atoms with E-state index in [1.165, 1.54) is 24.3 Å². The summed E-state index contributed by atoms with van der Waals surface area (Å²) in [6, 6.07) is 5.06. The van der Waals surface area contributed by atoms with Crippen LogP contribution in [0.1, 0.15) is 5.56 Å². The lowest BCUT2D eigenvalue weighted by atomic mass is 10.2. The van der Waals surface area contributed by atoms with E-state index in [0.29, 0.717) is 5.56 Å². The third-order valence-corrected chi connectivity index (χ3v) is 2.22. The summed E-state index contributed by atoms with van der Waals surface area (Å²) >= 11 is 0. The van der Waals surface area contributed by atoms with Crippen molar-refractivity contribution in [3.8, 4) is 0 Å². The van der Waals surface area contributed by atoms with Crippen LogP contribution < -0.4 is 0 Å². The molecule has 0 fully saturated rings. The summed E-state index contributed by atoms with van der Waals surface area (Å²) in [5.74, 6) is -0.426. The second-order valence-electron chi connectivity index (χ2n) is 2.68. The van der Waals surface area contributed by atoms with Gasteiger partial charge in [-0.1, -0.05) is 12.1 Å².